The van der Waals surface area contributed by atoms with Gasteiger partial charge in [0.15, 0.2) is 5.82 Å². The summed E-state index contributed by atoms with van der Waals surface area (Å²) in [7, 11) is 0. The summed E-state index contributed by atoms with van der Waals surface area (Å²) >= 11 is 0. The normalized spacial score (nSPS) is 11.6. The van der Waals surface area contributed by atoms with E-state index in [1.54, 1.807) is 0 Å². The van der Waals surface area contributed by atoms with Gasteiger partial charge in [-0.3, -0.25) is 0 Å². The summed E-state index contributed by atoms with van der Waals surface area (Å²) in [5.41, 5.74) is 9.84. The number of aromatic nitrogens is 3. The molecule has 9 rings (SSSR count). The Labute approximate surface area is 253 Å². The lowest BCUT2D eigenvalue weighted by atomic mass is 9.97. The number of hydrogen-bond donors (Lipinski definition) is 0. The van der Waals surface area contributed by atoms with Gasteiger partial charge in [0.05, 0.1) is 22.1 Å². The highest BCUT2D eigenvalue weighted by atomic mass is 16.3. The summed E-state index contributed by atoms with van der Waals surface area (Å²) in [4.78, 5) is 10.1. The zero-order valence-electron chi connectivity index (χ0n) is 23.7. The van der Waals surface area contributed by atoms with Crippen molar-refractivity contribution in [3.05, 3.63) is 152 Å². The van der Waals surface area contributed by atoms with Gasteiger partial charge in [-0.15, -0.1) is 0 Å². The summed E-state index contributed by atoms with van der Waals surface area (Å²) in [6.07, 6.45) is 0. The SMILES string of the molecule is c1ccc(-c2nc(-c3ccccc3)c3c(n2)oc2c(-c4cccc5c4c4ccccc4n5-c4ccccc4)cccc23)cc1. The smallest absolute Gasteiger partial charge is 0.231 e. The van der Waals surface area contributed by atoms with Crippen LogP contribution in [0.3, 0.4) is 0 Å². The highest BCUT2D eigenvalue weighted by Crippen LogP contribution is 2.44. The minimum atomic E-state index is 0.582. The van der Waals surface area contributed by atoms with E-state index in [1.807, 2.05) is 48.5 Å². The van der Waals surface area contributed by atoms with E-state index in [9.17, 15) is 0 Å². The molecule has 3 aromatic heterocycles. The van der Waals surface area contributed by atoms with Crippen molar-refractivity contribution in [2.75, 3.05) is 0 Å². The van der Waals surface area contributed by atoms with Crippen LogP contribution in [0, 0.1) is 0 Å². The minimum Gasteiger partial charge on any atom is -0.437 e. The topological polar surface area (TPSA) is 43.9 Å². The van der Waals surface area contributed by atoms with Crippen molar-refractivity contribution in [3.8, 4) is 39.5 Å². The van der Waals surface area contributed by atoms with Crippen LogP contribution >= 0.6 is 0 Å². The molecule has 44 heavy (non-hydrogen) atoms. The van der Waals surface area contributed by atoms with Crippen LogP contribution in [0.2, 0.25) is 0 Å². The summed E-state index contributed by atoms with van der Waals surface area (Å²) in [5.74, 6) is 0.644. The van der Waals surface area contributed by atoms with Crippen molar-refractivity contribution in [3.63, 3.8) is 0 Å². The highest BCUT2D eigenvalue weighted by Gasteiger charge is 2.22. The first kappa shape index (κ1) is 24.6. The first-order valence-corrected chi connectivity index (χ1v) is 14.8. The summed E-state index contributed by atoms with van der Waals surface area (Å²) in [5, 5.41) is 4.32. The van der Waals surface area contributed by atoms with E-state index < -0.39 is 0 Å². The number of furan rings is 1. The lowest BCUT2D eigenvalue weighted by Gasteiger charge is -2.09. The average Bonchev–Trinajstić information content (AvgIpc) is 3.65. The predicted molar refractivity (Wildman–Crippen MR) is 180 cm³/mol. The van der Waals surface area contributed by atoms with Crippen LogP contribution in [0.4, 0.5) is 0 Å². The lowest BCUT2D eigenvalue weighted by molar-refractivity contribution is 0.654. The average molecular weight is 564 g/mol. The van der Waals surface area contributed by atoms with Crippen LogP contribution in [-0.4, -0.2) is 14.5 Å². The Morgan fingerprint density at radius 1 is 0.455 bits per heavy atom. The van der Waals surface area contributed by atoms with Crippen LogP contribution in [-0.2, 0) is 0 Å². The Balaban J connectivity index is 1.37. The molecule has 6 aromatic carbocycles. The Morgan fingerprint density at radius 2 is 1.07 bits per heavy atom. The molecule has 0 radical (unpaired) electrons. The second-order valence-corrected chi connectivity index (χ2v) is 11.0. The largest absolute Gasteiger partial charge is 0.437 e. The Kier molecular flexibility index (Phi) is 5.47. The first-order chi connectivity index (χ1) is 21.8. The Hall–Kier alpha value is -6.00. The molecule has 0 spiro atoms. The maximum absolute atomic E-state index is 6.76. The summed E-state index contributed by atoms with van der Waals surface area (Å²) < 4.78 is 9.10. The maximum Gasteiger partial charge on any atom is 0.231 e. The number of nitrogens with zero attached hydrogens (tertiary/aromatic N) is 3. The van der Waals surface area contributed by atoms with Gasteiger partial charge in [0.1, 0.15) is 5.58 Å². The van der Waals surface area contributed by atoms with Crippen molar-refractivity contribution in [2.24, 2.45) is 0 Å². The third-order valence-corrected chi connectivity index (χ3v) is 8.44. The number of benzene rings is 6. The fourth-order valence-corrected chi connectivity index (χ4v) is 6.53. The van der Waals surface area contributed by atoms with Crippen molar-refractivity contribution in [1.29, 1.82) is 0 Å². The van der Waals surface area contributed by atoms with Gasteiger partial charge in [-0.05, 0) is 29.8 Å². The van der Waals surface area contributed by atoms with Gasteiger partial charge in [0, 0.05) is 38.5 Å². The molecular formula is C40H25N3O. The molecule has 0 unspecified atom stereocenters. The maximum atomic E-state index is 6.76. The second kappa shape index (κ2) is 9.79. The fraction of sp³-hybridized carbons (Fsp3) is 0. The molecule has 0 atom stereocenters. The zero-order valence-corrected chi connectivity index (χ0v) is 23.7. The molecule has 9 aromatic rings. The van der Waals surface area contributed by atoms with Crippen LogP contribution in [0.25, 0.3) is 83.3 Å². The van der Waals surface area contributed by atoms with Crippen LogP contribution in [0.5, 0.6) is 0 Å². The van der Waals surface area contributed by atoms with Crippen molar-refractivity contribution in [2.45, 2.75) is 0 Å². The monoisotopic (exact) mass is 563 g/mol. The van der Waals surface area contributed by atoms with E-state index in [0.29, 0.717) is 11.5 Å². The fourth-order valence-electron chi connectivity index (χ4n) is 6.53. The van der Waals surface area contributed by atoms with E-state index in [1.165, 1.54) is 16.3 Å². The van der Waals surface area contributed by atoms with E-state index in [4.69, 9.17) is 14.4 Å². The van der Waals surface area contributed by atoms with E-state index in [0.717, 1.165) is 55.5 Å². The third-order valence-electron chi connectivity index (χ3n) is 8.44. The van der Waals surface area contributed by atoms with Gasteiger partial charge in [-0.1, -0.05) is 127 Å². The standard InChI is InChI=1S/C40H25N3O/c1-4-14-26(15-5-1)37-36-32-23-12-22-30(38(32)44-40(36)42-39(41-37)27-16-6-2-7-17-27)29-21-13-25-34-35(29)31-20-10-11-24-33(31)43(34)28-18-8-3-9-19-28/h1-25H. The van der Waals surface area contributed by atoms with Gasteiger partial charge in [-0.25, -0.2) is 4.98 Å². The number of hydrogen-bond acceptors (Lipinski definition) is 3. The van der Waals surface area contributed by atoms with E-state index >= 15 is 0 Å². The molecule has 0 saturated carbocycles. The van der Waals surface area contributed by atoms with Gasteiger partial charge in [0.2, 0.25) is 5.71 Å². The van der Waals surface area contributed by atoms with Crippen molar-refractivity contribution >= 4 is 43.9 Å². The Bertz CT molecular complexity index is 2480. The van der Waals surface area contributed by atoms with Gasteiger partial charge < -0.3 is 8.98 Å². The molecule has 0 fully saturated rings. The molecule has 4 nitrogen and oxygen atoms in total. The summed E-state index contributed by atoms with van der Waals surface area (Å²) in [6.45, 7) is 0. The number of para-hydroxylation sites is 3. The molecule has 206 valence electrons. The summed E-state index contributed by atoms with van der Waals surface area (Å²) in [6, 6.07) is 52.5. The van der Waals surface area contributed by atoms with E-state index in [-0.39, 0.29) is 0 Å². The molecule has 0 aliphatic heterocycles. The molecule has 0 saturated heterocycles. The van der Waals surface area contributed by atoms with Crippen molar-refractivity contribution in [1.82, 2.24) is 14.5 Å². The second-order valence-electron chi connectivity index (χ2n) is 11.0. The molecule has 0 bridgehead atoms. The van der Waals surface area contributed by atoms with Crippen molar-refractivity contribution < 1.29 is 4.42 Å². The van der Waals surface area contributed by atoms with Gasteiger partial charge in [-0.2, -0.15) is 4.98 Å². The third kappa shape index (κ3) is 3.71. The number of rotatable bonds is 4. The van der Waals surface area contributed by atoms with Crippen LogP contribution < -0.4 is 0 Å². The number of fused-ring (bicyclic) bond motifs is 6. The van der Waals surface area contributed by atoms with Crippen LogP contribution in [0.15, 0.2) is 156 Å². The predicted octanol–water partition coefficient (Wildman–Crippen LogP) is 10.5. The molecule has 0 amide bonds. The first-order valence-electron chi connectivity index (χ1n) is 14.8. The molecule has 0 aliphatic carbocycles. The van der Waals surface area contributed by atoms with Gasteiger partial charge >= 0.3 is 0 Å². The van der Waals surface area contributed by atoms with Crippen LogP contribution in [0.1, 0.15) is 0 Å². The van der Waals surface area contributed by atoms with Gasteiger partial charge in [0.25, 0.3) is 0 Å². The molecular weight excluding hydrogens is 538 g/mol. The molecule has 0 aliphatic rings. The Morgan fingerprint density at radius 3 is 1.86 bits per heavy atom. The van der Waals surface area contributed by atoms with E-state index in [2.05, 4.69) is 108 Å². The molecule has 3 heterocycles. The highest BCUT2D eigenvalue weighted by molar-refractivity contribution is 6.20. The lowest BCUT2D eigenvalue weighted by Crippen LogP contribution is -1.93. The minimum absolute atomic E-state index is 0.582. The molecule has 4 heteroatoms. The quantitative estimate of drug-likeness (QED) is 0.214. The zero-order chi connectivity index (χ0) is 29.0. The molecule has 0 N–H and O–H groups in total.